The van der Waals surface area contributed by atoms with Crippen LogP contribution in [0, 0.1) is 11.3 Å². The zero-order valence-electron chi connectivity index (χ0n) is 29.6. The van der Waals surface area contributed by atoms with Crippen LogP contribution in [0.15, 0.2) is 54.6 Å². The number of ether oxygens (including phenoxy) is 2. The molecule has 0 radical (unpaired) electrons. The number of carbonyl (C=O) groups excluding carboxylic acids is 2. The van der Waals surface area contributed by atoms with Gasteiger partial charge in [-0.2, -0.15) is 4.31 Å². The lowest BCUT2D eigenvalue weighted by Gasteiger charge is -2.52. The number of rotatable bonds is 11. The van der Waals surface area contributed by atoms with E-state index in [1.54, 1.807) is 12.0 Å². The minimum absolute atomic E-state index is 0.0108. The highest BCUT2D eigenvalue weighted by atomic mass is 32.2. The van der Waals surface area contributed by atoms with Gasteiger partial charge in [-0.1, -0.05) is 94.8 Å². The van der Waals surface area contributed by atoms with Gasteiger partial charge in [0.2, 0.25) is 15.9 Å². The van der Waals surface area contributed by atoms with Crippen LogP contribution in [0.5, 0.6) is 5.75 Å². The van der Waals surface area contributed by atoms with Crippen molar-refractivity contribution < 1.29 is 27.5 Å². The summed E-state index contributed by atoms with van der Waals surface area (Å²) >= 11 is 0. The van der Waals surface area contributed by atoms with E-state index in [2.05, 4.69) is 13.8 Å². The number of amides is 1. The molecule has 7 rings (SSSR count). The summed E-state index contributed by atoms with van der Waals surface area (Å²) in [4.78, 5) is 29.9. The largest absolute Gasteiger partial charge is 0.497 e. The molecule has 266 valence electrons. The first-order chi connectivity index (χ1) is 23.5. The normalized spacial score (nSPS) is 30.4. The molecule has 2 bridgehead atoms. The third kappa shape index (κ3) is 5.71. The molecule has 1 heterocycles. The fourth-order valence-corrected chi connectivity index (χ4v) is 13.8. The molecule has 0 aromatic heterocycles. The van der Waals surface area contributed by atoms with E-state index in [9.17, 15) is 9.59 Å². The van der Waals surface area contributed by atoms with Crippen LogP contribution >= 0.6 is 0 Å². The number of hydrogen-bond donors (Lipinski definition) is 0. The Morgan fingerprint density at radius 3 is 2.02 bits per heavy atom. The van der Waals surface area contributed by atoms with E-state index in [0.29, 0.717) is 19.3 Å². The third-order valence-electron chi connectivity index (χ3n) is 13.3. The van der Waals surface area contributed by atoms with Crippen LogP contribution in [-0.2, 0) is 37.3 Å². The molecule has 8 nitrogen and oxygen atoms in total. The second-order valence-electron chi connectivity index (χ2n) is 16.1. The maximum absolute atomic E-state index is 15.6. The summed E-state index contributed by atoms with van der Waals surface area (Å²) in [6, 6.07) is 17.3. The van der Waals surface area contributed by atoms with Crippen molar-refractivity contribution in [3.63, 3.8) is 0 Å². The monoisotopic (exact) mass is 690 g/mol. The first-order valence-electron chi connectivity index (χ1n) is 18.7. The molecule has 5 fully saturated rings. The first-order valence-corrected chi connectivity index (χ1v) is 20.2. The van der Waals surface area contributed by atoms with Crippen LogP contribution in [0.2, 0.25) is 0 Å². The summed E-state index contributed by atoms with van der Waals surface area (Å²) in [6.07, 6.45) is 11.6. The molecule has 49 heavy (non-hydrogen) atoms. The summed E-state index contributed by atoms with van der Waals surface area (Å²) in [5.74, 6) is 0.270. The van der Waals surface area contributed by atoms with E-state index >= 15 is 8.42 Å². The summed E-state index contributed by atoms with van der Waals surface area (Å²) in [7, 11) is -2.27. The third-order valence-corrected chi connectivity index (χ3v) is 16.4. The fourth-order valence-electron chi connectivity index (χ4n) is 10.5. The minimum atomic E-state index is -3.88. The predicted molar refractivity (Wildman–Crippen MR) is 189 cm³/mol. The minimum Gasteiger partial charge on any atom is -0.497 e. The highest BCUT2D eigenvalue weighted by Crippen LogP contribution is 2.66. The highest BCUT2D eigenvalue weighted by molar-refractivity contribution is 7.90. The number of methoxy groups -OCH3 is 1. The van der Waals surface area contributed by atoms with Crippen molar-refractivity contribution in [3.05, 3.63) is 65.7 Å². The van der Waals surface area contributed by atoms with Crippen LogP contribution in [0.3, 0.4) is 0 Å². The molecule has 5 aliphatic rings. The molecule has 2 aromatic rings. The highest BCUT2D eigenvalue weighted by Gasteiger charge is 2.74. The Morgan fingerprint density at radius 1 is 0.857 bits per heavy atom. The van der Waals surface area contributed by atoms with Crippen LogP contribution in [0.1, 0.15) is 115 Å². The number of hydrogen-bond acceptors (Lipinski definition) is 6. The van der Waals surface area contributed by atoms with Crippen molar-refractivity contribution in [1.29, 1.82) is 0 Å². The Labute approximate surface area is 293 Å². The number of nitrogens with zero attached hydrogens (tertiary/aromatic N) is 2. The van der Waals surface area contributed by atoms with Crippen molar-refractivity contribution in [2.45, 2.75) is 145 Å². The SMILES string of the molecule is COc1ccc(CN2C(=O)C[C@@]2(Cc2ccccc2)C(=O)O[C@@H]2C[C@H]3CC[C@]2(S(=O)(=O)N(C2CCCCC2)C2CCCCC2)C3(C)C)cc1. The fraction of sp³-hybridized carbons (Fsp3) is 0.650. The molecule has 1 saturated heterocycles. The van der Waals surface area contributed by atoms with Gasteiger partial charge in [0.15, 0.2) is 5.54 Å². The molecule has 9 heteroatoms. The second kappa shape index (κ2) is 13.3. The molecule has 1 amide bonds. The number of benzene rings is 2. The van der Waals surface area contributed by atoms with Crippen LogP contribution < -0.4 is 4.74 Å². The van der Waals surface area contributed by atoms with Gasteiger partial charge in [0.25, 0.3) is 0 Å². The van der Waals surface area contributed by atoms with Crippen molar-refractivity contribution >= 4 is 21.9 Å². The molecule has 0 N–H and O–H groups in total. The van der Waals surface area contributed by atoms with Gasteiger partial charge in [-0.25, -0.2) is 13.2 Å². The van der Waals surface area contributed by atoms with Gasteiger partial charge < -0.3 is 14.4 Å². The van der Waals surface area contributed by atoms with Crippen molar-refractivity contribution in [3.8, 4) is 5.75 Å². The molecular formula is C40H54N2O6S. The van der Waals surface area contributed by atoms with Gasteiger partial charge in [-0.3, -0.25) is 4.79 Å². The molecule has 4 aliphatic carbocycles. The number of sulfonamides is 1. The maximum Gasteiger partial charge on any atom is 0.333 e. The van der Waals surface area contributed by atoms with Gasteiger partial charge in [0.1, 0.15) is 16.6 Å². The van der Waals surface area contributed by atoms with E-state index in [1.807, 2.05) is 58.9 Å². The molecule has 0 unspecified atom stereocenters. The smallest absolute Gasteiger partial charge is 0.333 e. The summed E-state index contributed by atoms with van der Waals surface area (Å²) in [6.45, 7) is 4.47. The average molecular weight is 691 g/mol. The molecule has 4 atom stereocenters. The number of likely N-dealkylation sites (tertiary alicyclic amines) is 1. The Bertz CT molecular complexity index is 1600. The van der Waals surface area contributed by atoms with Gasteiger partial charge in [0, 0.05) is 25.0 Å². The zero-order valence-corrected chi connectivity index (χ0v) is 30.4. The quantitative estimate of drug-likeness (QED) is 0.183. The average Bonchev–Trinajstić information content (AvgIpc) is 3.50. The van der Waals surface area contributed by atoms with Gasteiger partial charge in [0.05, 0.1) is 13.5 Å². The van der Waals surface area contributed by atoms with E-state index < -0.39 is 37.8 Å². The maximum atomic E-state index is 15.6. The van der Waals surface area contributed by atoms with E-state index in [-0.39, 0.29) is 36.9 Å². The molecule has 2 aromatic carbocycles. The van der Waals surface area contributed by atoms with E-state index in [4.69, 9.17) is 9.47 Å². The second-order valence-corrected chi connectivity index (χ2v) is 18.2. The van der Waals surface area contributed by atoms with Gasteiger partial charge in [-0.15, -0.1) is 0 Å². The van der Waals surface area contributed by atoms with E-state index in [1.165, 1.54) is 0 Å². The van der Waals surface area contributed by atoms with Crippen LogP contribution in [0.4, 0.5) is 0 Å². The Kier molecular flexibility index (Phi) is 9.39. The van der Waals surface area contributed by atoms with Gasteiger partial charge in [-0.05, 0) is 79.5 Å². The Morgan fingerprint density at radius 2 is 1.47 bits per heavy atom. The molecule has 4 saturated carbocycles. The predicted octanol–water partition coefficient (Wildman–Crippen LogP) is 7.20. The van der Waals surface area contributed by atoms with Crippen molar-refractivity contribution in [1.82, 2.24) is 9.21 Å². The number of esters is 1. The van der Waals surface area contributed by atoms with E-state index in [0.717, 1.165) is 87.5 Å². The summed E-state index contributed by atoms with van der Waals surface area (Å²) in [5.41, 5.74) is 0.0445. The zero-order chi connectivity index (χ0) is 34.4. The number of β-lactam (4-membered cyclic amide) rings is 1. The number of fused-ring (bicyclic) bond motifs is 2. The summed E-state index contributed by atoms with van der Waals surface area (Å²) < 4.78 is 44.0. The van der Waals surface area contributed by atoms with Gasteiger partial charge >= 0.3 is 5.97 Å². The van der Waals surface area contributed by atoms with Crippen LogP contribution in [-0.4, -0.2) is 65.1 Å². The number of carbonyl (C=O) groups is 2. The Balaban J connectivity index is 1.24. The molecule has 1 aliphatic heterocycles. The van der Waals surface area contributed by atoms with Crippen LogP contribution in [0.25, 0.3) is 0 Å². The molecule has 0 spiro atoms. The first kappa shape index (κ1) is 34.5. The lowest BCUT2D eigenvalue weighted by molar-refractivity contribution is -0.186. The standard InChI is InChI=1S/C40H54N2O6S/c1-38(2)31-23-24-40(38,49(45,46)42(32-15-9-5-10-16-32)33-17-11-6-12-18-33)35(25-31)48-37(44)39(26-29-13-7-4-8-14-29)27-36(43)41(39)28-30-19-21-34(47-3)22-20-30/h4,7-8,13-14,19-22,31-33,35H,5-6,9-12,15-18,23-28H2,1-3H3/t31-,35-,39+,40-/m1/s1. The lowest BCUT2D eigenvalue weighted by atomic mass is 9.77. The van der Waals surface area contributed by atoms with Crippen molar-refractivity contribution in [2.24, 2.45) is 11.3 Å². The lowest BCUT2D eigenvalue weighted by Crippen LogP contribution is -2.70. The van der Waals surface area contributed by atoms with Crippen molar-refractivity contribution in [2.75, 3.05) is 7.11 Å². The molecular weight excluding hydrogens is 637 g/mol. The topological polar surface area (TPSA) is 93.2 Å². The Hall–Kier alpha value is -2.91. The summed E-state index contributed by atoms with van der Waals surface area (Å²) in [5, 5.41) is 0.